The van der Waals surface area contributed by atoms with Crippen LogP contribution in [0.15, 0.2) is 53.7 Å². The average Bonchev–Trinajstić information content (AvgIpc) is 2.76. The molecule has 2 aromatic carbocycles. The van der Waals surface area contributed by atoms with Gasteiger partial charge in [-0.05, 0) is 55.2 Å². The standard InChI is InChI=1S/C24H29ClN4OS/c1-4-19(15-27-18-12-10-17(25)11-13-18)31-24-28-21-8-6-5-7-20(21)23(26)29(24)22(30)14-9-16(2)3/h5-8,10-13,16,19,26-27H,4,9,14-15H2,1-3H3. The molecule has 1 unspecified atom stereocenters. The van der Waals surface area contributed by atoms with Crippen molar-refractivity contribution in [2.45, 2.75) is 50.4 Å². The summed E-state index contributed by atoms with van der Waals surface area (Å²) in [5.41, 5.74) is 1.95. The number of nitrogens with one attached hydrogen (secondary N) is 2. The van der Waals surface area contributed by atoms with E-state index in [9.17, 15) is 4.79 Å². The van der Waals surface area contributed by atoms with Crippen molar-refractivity contribution in [1.82, 2.24) is 9.55 Å². The van der Waals surface area contributed by atoms with Crippen LogP contribution < -0.4 is 10.8 Å². The molecule has 2 N–H and O–H groups in total. The first-order valence-corrected chi connectivity index (χ1v) is 11.9. The predicted molar refractivity (Wildman–Crippen MR) is 130 cm³/mol. The van der Waals surface area contributed by atoms with Crippen molar-refractivity contribution in [3.05, 3.63) is 59.0 Å². The van der Waals surface area contributed by atoms with Crippen LogP contribution in [0.4, 0.5) is 5.69 Å². The Bertz CT molecular complexity index is 1090. The van der Waals surface area contributed by atoms with Crippen LogP contribution in [0.1, 0.15) is 44.8 Å². The quantitative estimate of drug-likeness (QED) is 0.296. The molecule has 1 atom stereocenters. The number of nitrogens with zero attached hydrogens (tertiary/aromatic N) is 2. The van der Waals surface area contributed by atoms with Gasteiger partial charge in [0.25, 0.3) is 0 Å². The highest BCUT2D eigenvalue weighted by Gasteiger charge is 2.19. The number of hydrogen-bond acceptors (Lipinski definition) is 5. The molecule has 31 heavy (non-hydrogen) atoms. The summed E-state index contributed by atoms with van der Waals surface area (Å²) in [7, 11) is 0. The number of carbonyl (C=O) groups is 1. The van der Waals surface area contributed by atoms with E-state index in [2.05, 4.69) is 26.1 Å². The summed E-state index contributed by atoms with van der Waals surface area (Å²) in [6.45, 7) is 7.03. The zero-order valence-corrected chi connectivity index (χ0v) is 19.8. The summed E-state index contributed by atoms with van der Waals surface area (Å²) in [5, 5.41) is 14.3. The average molecular weight is 457 g/mol. The van der Waals surface area contributed by atoms with E-state index < -0.39 is 0 Å². The van der Waals surface area contributed by atoms with E-state index in [1.54, 1.807) is 11.8 Å². The smallest absolute Gasteiger partial charge is 0.234 e. The van der Waals surface area contributed by atoms with Gasteiger partial charge in [0.05, 0.1) is 5.52 Å². The number of halogens is 1. The van der Waals surface area contributed by atoms with Gasteiger partial charge in [-0.1, -0.05) is 56.3 Å². The molecule has 0 saturated heterocycles. The summed E-state index contributed by atoms with van der Waals surface area (Å²) < 4.78 is 1.50. The Hall–Kier alpha value is -2.31. The third-order valence-electron chi connectivity index (χ3n) is 5.08. The van der Waals surface area contributed by atoms with Gasteiger partial charge in [0.15, 0.2) is 5.16 Å². The molecular weight excluding hydrogens is 428 g/mol. The lowest BCUT2D eigenvalue weighted by Gasteiger charge is -2.19. The normalized spacial score (nSPS) is 12.3. The van der Waals surface area contributed by atoms with Gasteiger partial charge in [-0.15, -0.1) is 0 Å². The number of aromatic nitrogens is 2. The maximum Gasteiger partial charge on any atom is 0.234 e. The maximum absolute atomic E-state index is 13.1. The van der Waals surface area contributed by atoms with Crippen molar-refractivity contribution < 1.29 is 4.79 Å². The fourth-order valence-corrected chi connectivity index (χ4v) is 4.40. The number of benzene rings is 2. The number of carbonyl (C=O) groups excluding carboxylic acids is 1. The van der Waals surface area contributed by atoms with Crippen molar-refractivity contribution in [1.29, 1.82) is 5.41 Å². The van der Waals surface area contributed by atoms with E-state index in [-0.39, 0.29) is 16.6 Å². The SMILES string of the molecule is CCC(CNc1ccc(Cl)cc1)Sc1nc2ccccc2c(=N)n1C(=O)CCC(C)C. The second kappa shape index (κ2) is 10.8. The van der Waals surface area contributed by atoms with E-state index in [1.165, 1.54) is 4.57 Å². The molecule has 0 fully saturated rings. The molecule has 0 amide bonds. The molecule has 0 saturated carbocycles. The van der Waals surface area contributed by atoms with Gasteiger partial charge in [-0.2, -0.15) is 0 Å². The molecule has 0 radical (unpaired) electrons. The Balaban J connectivity index is 1.88. The largest absolute Gasteiger partial charge is 0.384 e. The Labute approximate surface area is 192 Å². The lowest BCUT2D eigenvalue weighted by molar-refractivity contribution is 0.0876. The monoisotopic (exact) mass is 456 g/mol. The lowest BCUT2D eigenvalue weighted by atomic mass is 10.1. The molecule has 5 nitrogen and oxygen atoms in total. The third kappa shape index (κ3) is 6.11. The van der Waals surface area contributed by atoms with Gasteiger partial charge in [0.1, 0.15) is 5.49 Å². The van der Waals surface area contributed by atoms with E-state index in [0.29, 0.717) is 34.4 Å². The highest BCUT2D eigenvalue weighted by Crippen LogP contribution is 2.26. The van der Waals surface area contributed by atoms with Crippen LogP contribution in [-0.2, 0) is 0 Å². The second-order valence-corrected chi connectivity index (χ2v) is 9.66. The van der Waals surface area contributed by atoms with Crippen LogP contribution in [0.25, 0.3) is 10.9 Å². The summed E-state index contributed by atoms with van der Waals surface area (Å²) in [4.78, 5) is 17.9. The summed E-state index contributed by atoms with van der Waals surface area (Å²) in [5.74, 6) is 0.357. The lowest BCUT2D eigenvalue weighted by Crippen LogP contribution is -2.30. The minimum absolute atomic E-state index is 0.0695. The van der Waals surface area contributed by atoms with Gasteiger partial charge in [0, 0.05) is 34.3 Å². The van der Waals surface area contributed by atoms with E-state index in [0.717, 1.165) is 24.0 Å². The van der Waals surface area contributed by atoms with E-state index in [4.69, 9.17) is 22.0 Å². The third-order valence-corrected chi connectivity index (χ3v) is 6.65. The van der Waals surface area contributed by atoms with Crippen LogP contribution in [-0.4, -0.2) is 27.3 Å². The second-order valence-electron chi connectivity index (χ2n) is 7.96. The number of thioether (sulfide) groups is 1. The minimum Gasteiger partial charge on any atom is -0.384 e. The van der Waals surface area contributed by atoms with Crippen molar-refractivity contribution in [3.63, 3.8) is 0 Å². The van der Waals surface area contributed by atoms with Crippen LogP contribution >= 0.6 is 23.4 Å². The molecule has 0 spiro atoms. The van der Waals surface area contributed by atoms with E-state index in [1.807, 2.05) is 48.5 Å². The molecule has 164 valence electrons. The molecule has 3 aromatic rings. The number of rotatable bonds is 9. The Morgan fingerprint density at radius 3 is 2.58 bits per heavy atom. The van der Waals surface area contributed by atoms with Crippen LogP contribution in [0.3, 0.4) is 0 Å². The minimum atomic E-state index is -0.0695. The van der Waals surface area contributed by atoms with Crippen molar-refractivity contribution in [3.8, 4) is 0 Å². The highest BCUT2D eigenvalue weighted by atomic mass is 35.5. The first-order valence-electron chi connectivity index (χ1n) is 10.6. The fourth-order valence-electron chi connectivity index (χ4n) is 3.19. The Kier molecular flexibility index (Phi) is 8.15. The molecule has 7 heteroatoms. The van der Waals surface area contributed by atoms with Crippen LogP contribution in [0.2, 0.25) is 5.02 Å². The van der Waals surface area contributed by atoms with E-state index >= 15 is 0 Å². The van der Waals surface area contributed by atoms with Gasteiger partial charge >= 0.3 is 0 Å². The summed E-state index contributed by atoms with van der Waals surface area (Å²) in [6.07, 6.45) is 2.09. The number of fused-ring (bicyclic) bond motifs is 1. The zero-order valence-electron chi connectivity index (χ0n) is 18.2. The molecule has 0 bridgehead atoms. The number of para-hydroxylation sites is 1. The van der Waals surface area contributed by atoms with Crippen LogP contribution in [0.5, 0.6) is 0 Å². The summed E-state index contributed by atoms with van der Waals surface area (Å²) >= 11 is 7.52. The fraction of sp³-hybridized carbons (Fsp3) is 0.375. The molecule has 1 aromatic heterocycles. The summed E-state index contributed by atoms with van der Waals surface area (Å²) in [6, 6.07) is 15.2. The topological polar surface area (TPSA) is 70.8 Å². The number of hydrogen-bond donors (Lipinski definition) is 2. The maximum atomic E-state index is 13.1. The first-order chi connectivity index (χ1) is 14.9. The van der Waals surface area contributed by atoms with Crippen molar-refractivity contribution in [2.24, 2.45) is 5.92 Å². The molecule has 0 aliphatic rings. The number of anilines is 1. The van der Waals surface area contributed by atoms with Gasteiger partial charge < -0.3 is 5.32 Å². The molecule has 0 aliphatic carbocycles. The predicted octanol–water partition coefficient (Wildman–Crippen LogP) is 6.23. The van der Waals surface area contributed by atoms with Gasteiger partial charge in [-0.3, -0.25) is 10.2 Å². The van der Waals surface area contributed by atoms with Gasteiger partial charge in [0.2, 0.25) is 5.91 Å². The highest BCUT2D eigenvalue weighted by molar-refractivity contribution is 7.99. The molecular formula is C24H29ClN4OS. The Morgan fingerprint density at radius 2 is 1.90 bits per heavy atom. The van der Waals surface area contributed by atoms with Gasteiger partial charge in [-0.25, -0.2) is 9.55 Å². The molecule has 1 heterocycles. The molecule has 0 aliphatic heterocycles. The van der Waals surface area contributed by atoms with Crippen molar-refractivity contribution >= 4 is 45.9 Å². The first kappa shape index (κ1) is 23.4. The van der Waals surface area contributed by atoms with Crippen LogP contribution in [0, 0.1) is 11.3 Å². The molecule has 3 rings (SSSR count). The Morgan fingerprint density at radius 1 is 1.19 bits per heavy atom. The van der Waals surface area contributed by atoms with Crippen molar-refractivity contribution in [2.75, 3.05) is 11.9 Å². The zero-order chi connectivity index (χ0) is 22.4.